The van der Waals surface area contributed by atoms with Crippen molar-refractivity contribution in [2.75, 3.05) is 6.61 Å². The second kappa shape index (κ2) is 9.44. The number of hydrogen-bond donors (Lipinski definition) is 0. The molecule has 5 nitrogen and oxygen atoms in total. The molecule has 0 aliphatic heterocycles. The normalized spacial score (nSPS) is 50.4. The third-order valence-corrected chi connectivity index (χ3v) is 14.0. The summed E-state index contributed by atoms with van der Waals surface area (Å²) in [5.41, 5.74) is 1.13. The number of carbonyl (C=O) groups excluding carboxylic acids is 3. The number of aldehydes is 1. The standard InChI is InChI=1S/C34H52O5/c1-21(2)24-11-16-34(19-35)18-17-32(7)25(29(24)34)9-10-27-30(5)14-13-28(39-23(4)37)31(6,20-38-22(3)36)26(30)12-15-33(27,32)8/h19,24-29H,1,9-18,20H2,2-8H3/t24?,25?,26?,27?,28-,29?,30-,31-,32+,33+,34+/m0/s1. The van der Waals surface area contributed by atoms with E-state index in [-0.39, 0.29) is 39.7 Å². The van der Waals surface area contributed by atoms with Crippen LogP contribution in [0.3, 0.4) is 0 Å². The molecule has 0 saturated heterocycles. The van der Waals surface area contributed by atoms with Crippen molar-refractivity contribution in [1.29, 1.82) is 0 Å². The van der Waals surface area contributed by atoms with Crippen LogP contribution in [0, 0.1) is 56.7 Å². The molecule has 5 fully saturated rings. The lowest BCUT2D eigenvalue weighted by Crippen LogP contribution is -2.67. The lowest BCUT2D eigenvalue weighted by molar-refractivity contribution is -0.255. The maximum atomic E-state index is 12.7. The number of allylic oxidation sites excluding steroid dienone is 1. The van der Waals surface area contributed by atoms with Gasteiger partial charge in [0.15, 0.2) is 0 Å². The van der Waals surface area contributed by atoms with Gasteiger partial charge in [-0.05, 0) is 117 Å². The molecule has 0 bridgehead atoms. The second-order valence-electron chi connectivity index (χ2n) is 15.5. The number of esters is 2. The molecule has 5 aliphatic rings. The molecule has 5 rings (SSSR count). The van der Waals surface area contributed by atoms with Gasteiger partial charge in [-0.1, -0.05) is 39.8 Å². The van der Waals surface area contributed by atoms with Crippen LogP contribution in [0.1, 0.15) is 113 Å². The number of carbonyl (C=O) groups is 3. The molecule has 0 spiro atoms. The molecular weight excluding hydrogens is 488 g/mol. The fourth-order valence-electron chi connectivity index (χ4n) is 12.0. The van der Waals surface area contributed by atoms with Gasteiger partial charge >= 0.3 is 11.9 Å². The average Bonchev–Trinajstić information content (AvgIpc) is 3.25. The van der Waals surface area contributed by atoms with Crippen molar-refractivity contribution in [3.63, 3.8) is 0 Å². The van der Waals surface area contributed by atoms with E-state index in [9.17, 15) is 14.4 Å². The van der Waals surface area contributed by atoms with Crippen LogP contribution in [0.25, 0.3) is 0 Å². The minimum Gasteiger partial charge on any atom is -0.465 e. The van der Waals surface area contributed by atoms with E-state index in [2.05, 4.69) is 41.2 Å². The van der Waals surface area contributed by atoms with Crippen molar-refractivity contribution in [2.24, 2.45) is 56.7 Å². The largest absolute Gasteiger partial charge is 0.465 e. The van der Waals surface area contributed by atoms with Gasteiger partial charge in [0, 0.05) is 24.7 Å². The Balaban J connectivity index is 1.52. The van der Waals surface area contributed by atoms with E-state index in [4.69, 9.17) is 9.47 Å². The summed E-state index contributed by atoms with van der Waals surface area (Å²) in [6.45, 7) is 19.7. The van der Waals surface area contributed by atoms with Gasteiger partial charge in [-0.15, -0.1) is 0 Å². The third kappa shape index (κ3) is 3.94. The summed E-state index contributed by atoms with van der Waals surface area (Å²) < 4.78 is 11.6. The van der Waals surface area contributed by atoms with Gasteiger partial charge in [0.2, 0.25) is 0 Å². The van der Waals surface area contributed by atoms with Crippen LogP contribution in [0.5, 0.6) is 0 Å². The van der Waals surface area contributed by atoms with Gasteiger partial charge in [-0.25, -0.2) is 0 Å². The summed E-state index contributed by atoms with van der Waals surface area (Å²) in [5, 5.41) is 0. The first kappa shape index (κ1) is 28.9. The van der Waals surface area contributed by atoms with E-state index in [1.165, 1.54) is 38.5 Å². The fourth-order valence-corrected chi connectivity index (χ4v) is 12.0. The minimum absolute atomic E-state index is 0.0785. The smallest absolute Gasteiger partial charge is 0.302 e. The monoisotopic (exact) mass is 540 g/mol. The summed E-state index contributed by atoms with van der Waals surface area (Å²) in [7, 11) is 0. The van der Waals surface area contributed by atoms with Gasteiger partial charge in [0.05, 0.1) is 0 Å². The van der Waals surface area contributed by atoms with Gasteiger partial charge in [-0.3, -0.25) is 9.59 Å². The van der Waals surface area contributed by atoms with Crippen LogP contribution in [0.15, 0.2) is 12.2 Å². The predicted molar refractivity (Wildman–Crippen MR) is 152 cm³/mol. The molecule has 11 atom stereocenters. The van der Waals surface area contributed by atoms with E-state index < -0.39 is 5.41 Å². The lowest BCUT2D eigenvalue weighted by atomic mass is 9.32. The van der Waals surface area contributed by atoms with Crippen molar-refractivity contribution in [2.45, 2.75) is 119 Å². The Kier molecular flexibility index (Phi) is 6.99. The van der Waals surface area contributed by atoms with Crippen LogP contribution < -0.4 is 0 Å². The zero-order chi connectivity index (χ0) is 28.6. The van der Waals surface area contributed by atoms with Crippen LogP contribution in [-0.2, 0) is 23.9 Å². The van der Waals surface area contributed by atoms with Crippen molar-refractivity contribution in [3.05, 3.63) is 12.2 Å². The Hall–Kier alpha value is -1.65. The first-order valence-corrected chi connectivity index (χ1v) is 15.6. The highest BCUT2D eigenvalue weighted by atomic mass is 16.6. The molecule has 0 aromatic rings. The summed E-state index contributed by atoms with van der Waals surface area (Å²) in [6, 6.07) is 0. The molecule has 0 N–H and O–H groups in total. The molecule has 0 heterocycles. The highest BCUT2D eigenvalue weighted by Crippen LogP contribution is 2.77. The molecule has 5 aliphatic carbocycles. The topological polar surface area (TPSA) is 69.7 Å². The van der Waals surface area contributed by atoms with Crippen LogP contribution >= 0.6 is 0 Å². The average molecular weight is 541 g/mol. The number of hydrogen-bond acceptors (Lipinski definition) is 5. The Bertz CT molecular complexity index is 1050. The van der Waals surface area contributed by atoms with E-state index in [0.29, 0.717) is 36.2 Å². The number of ether oxygens (including phenoxy) is 2. The molecule has 5 heteroatoms. The molecule has 5 unspecified atom stereocenters. The molecular formula is C34H52O5. The molecule has 218 valence electrons. The zero-order valence-corrected chi connectivity index (χ0v) is 25.6. The first-order valence-electron chi connectivity index (χ1n) is 15.6. The van der Waals surface area contributed by atoms with Crippen molar-refractivity contribution < 1.29 is 23.9 Å². The SMILES string of the molecule is C=C(C)C1CC[C@]2(C=O)CC[C@]3(C)C(CCC4[C@@]5(C)CC[C@H](OC(C)=O)[C@@](C)(COC(C)=O)C5CC[C@]43C)C12. The van der Waals surface area contributed by atoms with Crippen molar-refractivity contribution in [1.82, 2.24) is 0 Å². The Labute approximate surface area is 236 Å². The highest BCUT2D eigenvalue weighted by molar-refractivity contribution is 5.67. The summed E-state index contributed by atoms with van der Waals surface area (Å²) in [5.74, 6) is 1.76. The fraction of sp³-hybridized carbons (Fsp3) is 0.853. The maximum Gasteiger partial charge on any atom is 0.302 e. The lowest BCUT2D eigenvalue weighted by Gasteiger charge is -2.72. The third-order valence-electron chi connectivity index (χ3n) is 14.0. The summed E-state index contributed by atoms with van der Waals surface area (Å²) in [4.78, 5) is 36.7. The molecule has 5 saturated carbocycles. The molecule has 0 aromatic carbocycles. The van der Waals surface area contributed by atoms with Gasteiger partial charge < -0.3 is 14.3 Å². The van der Waals surface area contributed by atoms with Crippen molar-refractivity contribution >= 4 is 18.2 Å². The summed E-state index contributed by atoms with van der Waals surface area (Å²) in [6.07, 6.45) is 11.8. The Morgan fingerprint density at radius 2 is 1.54 bits per heavy atom. The minimum atomic E-state index is -0.404. The van der Waals surface area contributed by atoms with Gasteiger partial charge in [-0.2, -0.15) is 0 Å². The maximum absolute atomic E-state index is 12.7. The summed E-state index contributed by atoms with van der Waals surface area (Å²) >= 11 is 0. The van der Waals surface area contributed by atoms with E-state index in [1.807, 2.05) is 0 Å². The number of rotatable bonds is 5. The van der Waals surface area contributed by atoms with Crippen LogP contribution in [0.4, 0.5) is 0 Å². The van der Waals surface area contributed by atoms with Crippen LogP contribution in [-0.4, -0.2) is 30.9 Å². The Morgan fingerprint density at radius 3 is 2.15 bits per heavy atom. The zero-order valence-electron chi connectivity index (χ0n) is 25.6. The van der Waals surface area contributed by atoms with E-state index in [1.54, 1.807) is 0 Å². The molecule has 0 radical (unpaired) electrons. The van der Waals surface area contributed by atoms with Gasteiger partial charge in [0.25, 0.3) is 0 Å². The molecule has 0 aromatic heterocycles. The van der Waals surface area contributed by atoms with E-state index >= 15 is 0 Å². The highest BCUT2D eigenvalue weighted by Gasteiger charge is 2.71. The van der Waals surface area contributed by atoms with Gasteiger partial charge in [0.1, 0.15) is 19.0 Å². The Morgan fingerprint density at radius 1 is 0.821 bits per heavy atom. The van der Waals surface area contributed by atoms with Crippen LogP contribution in [0.2, 0.25) is 0 Å². The van der Waals surface area contributed by atoms with E-state index in [0.717, 1.165) is 51.4 Å². The number of fused-ring (bicyclic) bond motifs is 7. The first-order chi connectivity index (χ1) is 18.2. The predicted octanol–water partition coefficient (Wildman–Crippen LogP) is 7.32. The quantitative estimate of drug-likeness (QED) is 0.208. The molecule has 0 amide bonds. The second-order valence-corrected chi connectivity index (χ2v) is 15.5. The van der Waals surface area contributed by atoms with Crippen molar-refractivity contribution in [3.8, 4) is 0 Å². The molecule has 39 heavy (non-hydrogen) atoms.